The van der Waals surface area contributed by atoms with E-state index in [1.165, 1.54) is 0 Å². The molecule has 0 atom stereocenters. The normalized spacial score (nSPS) is 10.3. The van der Waals surface area contributed by atoms with Crippen molar-refractivity contribution < 1.29 is 5.11 Å². The van der Waals surface area contributed by atoms with Crippen molar-refractivity contribution in [3.8, 4) is 5.75 Å². The maximum atomic E-state index is 9.77. The zero-order valence-electron chi connectivity index (χ0n) is 11.5. The number of nitrogens with zero attached hydrogens (tertiary/aromatic N) is 1. The summed E-state index contributed by atoms with van der Waals surface area (Å²) in [5, 5.41) is 9.77. The lowest BCUT2D eigenvalue weighted by molar-refractivity contribution is 0.475. The number of aromatic hydroxyl groups is 1. The highest BCUT2D eigenvalue weighted by Gasteiger charge is 2.14. The van der Waals surface area contributed by atoms with Crippen molar-refractivity contribution in [2.45, 2.75) is 0 Å². The molecule has 0 aliphatic rings. The van der Waals surface area contributed by atoms with Crippen molar-refractivity contribution in [2.75, 3.05) is 10.6 Å². The first-order valence-electron chi connectivity index (χ1n) is 6.74. The number of para-hydroxylation sites is 3. The average Bonchev–Trinajstić information content (AvgIpc) is 2.51. The molecule has 3 aromatic carbocycles. The number of benzene rings is 3. The van der Waals surface area contributed by atoms with Crippen molar-refractivity contribution in [1.29, 1.82) is 0 Å². The average molecular weight is 276 g/mol. The van der Waals surface area contributed by atoms with Gasteiger partial charge in [-0.3, -0.25) is 0 Å². The molecule has 0 saturated carbocycles. The van der Waals surface area contributed by atoms with Crippen LogP contribution in [0.15, 0.2) is 78.9 Å². The van der Waals surface area contributed by atoms with E-state index in [9.17, 15) is 5.11 Å². The second-order valence-electron chi connectivity index (χ2n) is 4.75. The van der Waals surface area contributed by atoms with Crippen molar-refractivity contribution in [3.05, 3.63) is 78.9 Å². The van der Waals surface area contributed by atoms with E-state index in [0.717, 1.165) is 17.1 Å². The zero-order valence-corrected chi connectivity index (χ0v) is 11.5. The van der Waals surface area contributed by atoms with Crippen LogP contribution in [-0.4, -0.2) is 5.11 Å². The van der Waals surface area contributed by atoms with Gasteiger partial charge in [-0.15, -0.1) is 0 Å². The summed E-state index contributed by atoms with van der Waals surface area (Å²) in [5.74, 6) is 0.225. The number of phenols is 1. The first-order chi connectivity index (χ1) is 10.3. The molecule has 0 aromatic heterocycles. The molecule has 3 N–H and O–H groups in total. The van der Waals surface area contributed by atoms with Crippen LogP contribution in [0.4, 0.5) is 22.7 Å². The smallest absolute Gasteiger partial charge is 0.117 e. The first-order valence-corrected chi connectivity index (χ1v) is 6.74. The van der Waals surface area contributed by atoms with Gasteiger partial charge in [0, 0.05) is 17.4 Å². The van der Waals surface area contributed by atoms with Gasteiger partial charge in [-0.25, -0.2) is 0 Å². The Labute approximate surface area is 123 Å². The molecule has 104 valence electrons. The molecular formula is C18H16N2O. The summed E-state index contributed by atoms with van der Waals surface area (Å²) in [5.41, 5.74) is 9.55. The van der Waals surface area contributed by atoms with Crippen LogP contribution in [0.2, 0.25) is 0 Å². The van der Waals surface area contributed by atoms with E-state index in [1.54, 1.807) is 12.1 Å². The summed E-state index contributed by atoms with van der Waals surface area (Å²) in [4.78, 5) is 2.02. The van der Waals surface area contributed by atoms with Crippen LogP contribution in [0.1, 0.15) is 0 Å². The minimum absolute atomic E-state index is 0.225. The molecule has 3 rings (SSSR count). The van der Waals surface area contributed by atoms with Crippen molar-refractivity contribution in [3.63, 3.8) is 0 Å². The van der Waals surface area contributed by atoms with Gasteiger partial charge in [0.05, 0.1) is 11.4 Å². The lowest BCUT2D eigenvalue weighted by Crippen LogP contribution is -2.11. The van der Waals surface area contributed by atoms with Crippen LogP contribution in [0.5, 0.6) is 5.75 Å². The van der Waals surface area contributed by atoms with E-state index in [2.05, 4.69) is 0 Å². The van der Waals surface area contributed by atoms with Crippen LogP contribution in [-0.2, 0) is 0 Å². The number of hydrogen-bond acceptors (Lipinski definition) is 3. The molecule has 0 spiro atoms. The number of phenolic OH excluding ortho intramolecular Hbond substituents is 1. The molecule has 21 heavy (non-hydrogen) atoms. The molecular weight excluding hydrogens is 260 g/mol. The van der Waals surface area contributed by atoms with E-state index in [0.29, 0.717) is 5.69 Å². The summed E-state index contributed by atoms with van der Waals surface area (Å²) in [6.45, 7) is 0. The van der Waals surface area contributed by atoms with E-state index >= 15 is 0 Å². The van der Waals surface area contributed by atoms with E-state index < -0.39 is 0 Å². The van der Waals surface area contributed by atoms with Crippen molar-refractivity contribution in [2.24, 2.45) is 0 Å². The Morgan fingerprint density at radius 3 is 2.10 bits per heavy atom. The molecule has 3 heteroatoms. The fourth-order valence-corrected chi connectivity index (χ4v) is 2.33. The fraction of sp³-hybridized carbons (Fsp3) is 0. The van der Waals surface area contributed by atoms with E-state index in [-0.39, 0.29) is 5.75 Å². The number of hydrogen-bond donors (Lipinski definition) is 2. The van der Waals surface area contributed by atoms with E-state index in [4.69, 9.17) is 5.73 Å². The second-order valence-corrected chi connectivity index (χ2v) is 4.75. The summed E-state index contributed by atoms with van der Waals surface area (Å²) in [7, 11) is 0. The second kappa shape index (κ2) is 5.59. The highest BCUT2D eigenvalue weighted by molar-refractivity contribution is 5.83. The molecule has 3 nitrogen and oxygen atoms in total. The minimum atomic E-state index is 0.225. The number of rotatable bonds is 3. The predicted molar refractivity (Wildman–Crippen MR) is 87.2 cm³/mol. The standard InChI is InChI=1S/C18H16N2O/c19-17-11-4-5-12-18(17)20(14-7-2-1-3-8-14)15-9-6-10-16(21)13-15/h1-13,21H,19H2. The van der Waals surface area contributed by atoms with Gasteiger partial charge in [-0.1, -0.05) is 36.4 Å². The third-order valence-electron chi connectivity index (χ3n) is 3.28. The van der Waals surface area contributed by atoms with Gasteiger partial charge >= 0.3 is 0 Å². The lowest BCUT2D eigenvalue weighted by atomic mass is 10.1. The summed E-state index contributed by atoms with van der Waals surface area (Å²) in [6.07, 6.45) is 0. The third-order valence-corrected chi connectivity index (χ3v) is 3.28. The molecule has 0 fully saturated rings. The Morgan fingerprint density at radius 2 is 1.38 bits per heavy atom. The fourth-order valence-electron chi connectivity index (χ4n) is 2.33. The zero-order chi connectivity index (χ0) is 14.7. The molecule has 0 heterocycles. The predicted octanol–water partition coefficient (Wildman–Crippen LogP) is 4.44. The van der Waals surface area contributed by atoms with E-state index in [1.807, 2.05) is 71.6 Å². The van der Waals surface area contributed by atoms with Gasteiger partial charge in [0.1, 0.15) is 5.75 Å². The van der Waals surface area contributed by atoms with Crippen LogP contribution in [0.25, 0.3) is 0 Å². The van der Waals surface area contributed by atoms with Gasteiger partial charge in [0.25, 0.3) is 0 Å². The Balaban J connectivity index is 2.19. The Morgan fingerprint density at radius 1 is 0.714 bits per heavy atom. The van der Waals surface area contributed by atoms with Crippen LogP contribution in [0, 0.1) is 0 Å². The number of anilines is 4. The number of nitrogens with two attached hydrogens (primary N) is 1. The van der Waals surface area contributed by atoms with Crippen LogP contribution in [0.3, 0.4) is 0 Å². The third kappa shape index (κ3) is 2.67. The maximum absolute atomic E-state index is 9.77. The topological polar surface area (TPSA) is 49.5 Å². The Kier molecular flexibility index (Phi) is 3.48. The molecule has 0 aliphatic carbocycles. The first kappa shape index (κ1) is 13.1. The highest BCUT2D eigenvalue weighted by atomic mass is 16.3. The van der Waals surface area contributed by atoms with Crippen LogP contribution >= 0.6 is 0 Å². The largest absolute Gasteiger partial charge is 0.508 e. The van der Waals surface area contributed by atoms with Gasteiger partial charge in [-0.05, 0) is 36.4 Å². The summed E-state index contributed by atoms with van der Waals surface area (Å²) >= 11 is 0. The van der Waals surface area contributed by atoms with Gasteiger partial charge in [0.15, 0.2) is 0 Å². The Hall–Kier alpha value is -2.94. The Bertz CT molecular complexity index is 741. The molecule has 0 unspecified atom stereocenters. The quantitative estimate of drug-likeness (QED) is 0.695. The minimum Gasteiger partial charge on any atom is -0.508 e. The molecule has 0 saturated heterocycles. The van der Waals surface area contributed by atoms with Crippen LogP contribution < -0.4 is 10.6 Å². The summed E-state index contributed by atoms with van der Waals surface area (Å²) < 4.78 is 0. The monoisotopic (exact) mass is 276 g/mol. The highest BCUT2D eigenvalue weighted by Crippen LogP contribution is 2.38. The maximum Gasteiger partial charge on any atom is 0.117 e. The van der Waals surface area contributed by atoms with Gasteiger partial charge in [0.2, 0.25) is 0 Å². The molecule has 0 aliphatic heterocycles. The van der Waals surface area contributed by atoms with Crippen molar-refractivity contribution in [1.82, 2.24) is 0 Å². The van der Waals surface area contributed by atoms with Crippen molar-refractivity contribution >= 4 is 22.7 Å². The summed E-state index contributed by atoms with van der Waals surface area (Å²) in [6, 6.07) is 24.8. The molecule has 0 bridgehead atoms. The SMILES string of the molecule is Nc1ccccc1N(c1ccccc1)c1cccc(O)c1. The number of nitrogen functional groups attached to an aromatic ring is 1. The van der Waals surface area contributed by atoms with Gasteiger partial charge < -0.3 is 15.7 Å². The van der Waals surface area contributed by atoms with Gasteiger partial charge in [-0.2, -0.15) is 0 Å². The lowest BCUT2D eigenvalue weighted by Gasteiger charge is -2.26. The molecule has 3 aromatic rings. The molecule has 0 radical (unpaired) electrons. The molecule has 0 amide bonds.